The first-order valence-electron chi connectivity index (χ1n) is 2.95. The Balaban J connectivity index is 2.82. The Morgan fingerprint density at radius 2 is 2.09 bits per heavy atom. The van der Waals surface area contributed by atoms with Gasteiger partial charge in [0.15, 0.2) is 0 Å². The third-order valence-corrected chi connectivity index (χ3v) is 1.10. The Morgan fingerprint density at radius 1 is 1.45 bits per heavy atom. The van der Waals surface area contributed by atoms with Gasteiger partial charge in [-0.05, 0) is 0 Å². The number of hydrogen-bond acceptors (Lipinski definition) is 3. The van der Waals surface area contributed by atoms with Crippen molar-refractivity contribution in [1.29, 1.82) is 0 Å². The van der Waals surface area contributed by atoms with Crippen LogP contribution < -0.4 is 5.73 Å². The van der Waals surface area contributed by atoms with Gasteiger partial charge in [-0.3, -0.25) is 0 Å². The van der Waals surface area contributed by atoms with Gasteiger partial charge in [-0.2, -0.15) is 0 Å². The molecule has 0 spiro atoms. The molecule has 0 aliphatic carbocycles. The second-order valence-electron chi connectivity index (χ2n) is 1.77. The fourth-order valence-electron chi connectivity index (χ4n) is 0.538. The maximum atomic E-state index is 5.34. The Labute approximate surface area is 69.6 Å². The van der Waals surface area contributed by atoms with Gasteiger partial charge in [0.1, 0.15) is 0 Å². The average molecular weight is 168 g/mol. The summed E-state index contributed by atoms with van der Waals surface area (Å²) in [5.41, 5.74) is 5.98. The van der Waals surface area contributed by atoms with Gasteiger partial charge in [-0.15, -0.1) is 11.6 Å². The third-order valence-electron chi connectivity index (χ3n) is 0.971. The van der Waals surface area contributed by atoms with E-state index in [0.717, 1.165) is 5.56 Å². The van der Waals surface area contributed by atoms with Gasteiger partial charge in [0.2, 0.25) is 5.95 Å². The van der Waals surface area contributed by atoms with E-state index in [-0.39, 0.29) is 5.95 Å². The highest BCUT2D eigenvalue weighted by Crippen LogP contribution is 1.93. The van der Waals surface area contributed by atoms with E-state index in [2.05, 4.69) is 21.8 Å². The van der Waals surface area contributed by atoms with Gasteiger partial charge in [0, 0.05) is 12.4 Å². The van der Waals surface area contributed by atoms with Gasteiger partial charge < -0.3 is 5.73 Å². The number of alkyl halides is 1. The van der Waals surface area contributed by atoms with E-state index in [1.807, 2.05) is 0 Å². The predicted molar refractivity (Wildman–Crippen MR) is 44.0 cm³/mol. The zero-order valence-electron chi connectivity index (χ0n) is 5.71. The largest absolute Gasteiger partial charge is 0.368 e. The molecule has 0 aliphatic heterocycles. The molecule has 56 valence electrons. The lowest BCUT2D eigenvalue weighted by atomic mass is 10.3. The zero-order chi connectivity index (χ0) is 8.10. The minimum atomic E-state index is 0.251. The maximum absolute atomic E-state index is 5.34. The number of aromatic nitrogens is 2. The van der Waals surface area contributed by atoms with Crippen LogP contribution in [-0.4, -0.2) is 15.8 Å². The van der Waals surface area contributed by atoms with E-state index >= 15 is 0 Å². The van der Waals surface area contributed by atoms with Gasteiger partial charge in [-0.1, -0.05) is 11.8 Å². The first-order valence-corrected chi connectivity index (χ1v) is 3.48. The Morgan fingerprint density at radius 3 is 2.64 bits per heavy atom. The second kappa shape index (κ2) is 3.79. The Kier molecular flexibility index (Phi) is 2.70. The topological polar surface area (TPSA) is 51.8 Å². The van der Waals surface area contributed by atoms with E-state index in [0.29, 0.717) is 5.88 Å². The van der Waals surface area contributed by atoms with Crippen molar-refractivity contribution in [3.8, 4) is 11.8 Å². The molecule has 0 unspecified atom stereocenters. The van der Waals surface area contributed by atoms with Crippen LogP contribution in [0.15, 0.2) is 12.4 Å². The van der Waals surface area contributed by atoms with Crippen molar-refractivity contribution in [3.63, 3.8) is 0 Å². The van der Waals surface area contributed by atoms with Gasteiger partial charge in [-0.25, -0.2) is 9.97 Å². The standard InChI is InChI=1S/C7H6ClN3/c8-3-1-2-6-4-10-7(9)11-5-6/h4-5H,3H2,(H2,9,10,11). The number of rotatable bonds is 0. The summed E-state index contributed by atoms with van der Waals surface area (Å²) in [4.78, 5) is 7.51. The number of anilines is 1. The summed E-state index contributed by atoms with van der Waals surface area (Å²) >= 11 is 5.34. The smallest absolute Gasteiger partial charge is 0.219 e. The molecule has 1 heterocycles. The molecule has 0 saturated heterocycles. The summed E-state index contributed by atoms with van der Waals surface area (Å²) in [6.07, 6.45) is 3.11. The number of nitrogen functional groups attached to an aromatic ring is 1. The third kappa shape index (κ3) is 2.44. The predicted octanol–water partition coefficient (Wildman–Crippen LogP) is 0.649. The van der Waals surface area contributed by atoms with Crippen LogP contribution in [0, 0.1) is 11.8 Å². The van der Waals surface area contributed by atoms with Crippen molar-refractivity contribution in [2.24, 2.45) is 0 Å². The fourth-order valence-corrected chi connectivity index (χ4v) is 0.605. The quantitative estimate of drug-likeness (QED) is 0.456. The highest BCUT2D eigenvalue weighted by atomic mass is 35.5. The highest BCUT2D eigenvalue weighted by Gasteiger charge is 1.87. The van der Waals surface area contributed by atoms with Gasteiger partial charge in [0.25, 0.3) is 0 Å². The van der Waals surface area contributed by atoms with E-state index in [1.54, 1.807) is 12.4 Å². The average Bonchev–Trinajstić information content (AvgIpc) is 2.04. The second-order valence-corrected chi connectivity index (χ2v) is 2.03. The SMILES string of the molecule is Nc1ncc(C#CCCl)cn1. The van der Waals surface area contributed by atoms with Crippen molar-refractivity contribution in [3.05, 3.63) is 18.0 Å². The highest BCUT2D eigenvalue weighted by molar-refractivity contribution is 6.19. The van der Waals surface area contributed by atoms with Crippen molar-refractivity contribution >= 4 is 17.5 Å². The molecule has 1 rings (SSSR count). The molecular formula is C7H6ClN3. The molecule has 1 aromatic heterocycles. The van der Waals surface area contributed by atoms with E-state index in [4.69, 9.17) is 17.3 Å². The van der Waals surface area contributed by atoms with Crippen LogP contribution >= 0.6 is 11.6 Å². The minimum absolute atomic E-state index is 0.251. The molecule has 0 amide bonds. The summed E-state index contributed by atoms with van der Waals surface area (Å²) in [6.45, 7) is 0. The van der Waals surface area contributed by atoms with E-state index < -0.39 is 0 Å². The van der Waals surface area contributed by atoms with Crippen LogP contribution in [0.3, 0.4) is 0 Å². The van der Waals surface area contributed by atoms with Gasteiger partial charge >= 0.3 is 0 Å². The summed E-state index contributed by atoms with van der Waals surface area (Å²) in [5.74, 6) is 6.00. The molecule has 0 atom stereocenters. The summed E-state index contributed by atoms with van der Waals surface area (Å²) in [5, 5.41) is 0. The molecule has 0 bridgehead atoms. The van der Waals surface area contributed by atoms with Crippen LogP contribution in [-0.2, 0) is 0 Å². The van der Waals surface area contributed by atoms with Crippen LogP contribution in [0.4, 0.5) is 5.95 Å². The molecule has 0 aliphatic rings. The van der Waals surface area contributed by atoms with Crippen molar-refractivity contribution < 1.29 is 0 Å². The number of nitrogens with zero attached hydrogens (tertiary/aromatic N) is 2. The monoisotopic (exact) mass is 167 g/mol. The molecule has 2 N–H and O–H groups in total. The van der Waals surface area contributed by atoms with Crippen LogP contribution in [0.25, 0.3) is 0 Å². The van der Waals surface area contributed by atoms with Crippen LogP contribution in [0.5, 0.6) is 0 Å². The molecule has 0 saturated carbocycles. The van der Waals surface area contributed by atoms with Gasteiger partial charge in [0.05, 0.1) is 11.4 Å². The Bertz CT molecular complexity index is 283. The molecule has 1 aromatic rings. The lowest BCUT2D eigenvalue weighted by molar-refractivity contribution is 1.17. The number of nitrogens with two attached hydrogens (primary N) is 1. The maximum Gasteiger partial charge on any atom is 0.219 e. The number of hydrogen-bond donors (Lipinski definition) is 1. The first kappa shape index (κ1) is 7.83. The van der Waals surface area contributed by atoms with E-state index in [9.17, 15) is 0 Å². The molecule has 3 nitrogen and oxygen atoms in total. The molecule has 0 fully saturated rings. The van der Waals surface area contributed by atoms with Crippen molar-refractivity contribution in [1.82, 2.24) is 9.97 Å². The molecule has 0 radical (unpaired) electrons. The first-order chi connectivity index (χ1) is 5.33. The van der Waals surface area contributed by atoms with Crippen LogP contribution in [0.2, 0.25) is 0 Å². The summed E-state index contributed by atoms with van der Waals surface area (Å²) in [6, 6.07) is 0. The van der Waals surface area contributed by atoms with E-state index in [1.165, 1.54) is 0 Å². The lowest BCUT2D eigenvalue weighted by Gasteiger charge is -1.88. The molecular weight excluding hydrogens is 162 g/mol. The molecule has 11 heavy (non-hydrogen) atoms. The minimum Gasteiger partial charge on any atom is -0.368 e. The molecule has 4 heteroatoms. The van der Waals surface area contributed by atoms with Crippen molar-refractivity contribution in [2.75, 3.05) is 11.6 Å². The lowest BCUT2D eigenvalue weighted by Crippen LogP contribution is -1.93. The Hall–Kier alpha value is -1.27. The van der Waals surface area contributed by atoms with Crippen LogP contribution in [0.1, 0.15) is 5.56 Å². The number of halogens is 1. The summed E-state index contributed by atoms with van der Waals surface area (Å²) < 4.78 is 0. The normalized spacial score (nSPS) is 8.45. The zero-order valence-corrected chi connectivity index (χ0v) is 6.47. The molecule has 0 aromatic carbocycles. The summed E-state index contributed by atoms with van der Waals surface area (Å²) in [7, 11) is 0. The fraction of sp³-hybridized carbons (Fsp3) is 0.143. The van der Waals surface area contributed by atoms with Crippen molar-refractivity contribution in [2.45, 2.75) is 0 Å².